The number of esters is 1. The average Bonchev–Trinajstić information content (AvgIpc) is 3.24. The van der Waals surface area contributed by atoms with Crippen LogP contribution in [0.2, 0.25) is 0 Å². The van der Waals surface area contributed by atoms with Crippen LogP contribution in [0.5, 0.6) is 0 Å². The fourth-order valence-electron chi connectivity index (χ4n) is 4.84. The summed E-state index contributed by atoms with van der Waals surface area (Å²) in [7, 11) is 0. The van der Waals surface area contributed by atoms with Crippen LogP contribution in [0.4, 0.5) is 4.79 Å². The number of rotatable bonds is 2. The number of ketones is 1. The second kappa shape index (κ2) is 10.9. The van der Waals surface area contributed by atoms with E-state index in [0.29, 0.717) is 30.3 Å². The van der Waals surface area contributed by atoms with E-state index in [-0.39, 0.29) is 23.6 Å². The molecular formula is C25H38N2O5. The standard InChI is InChI=1S/C25H38N2O5/c1-8-21-25(7,32-24(30)27-10-9-26-15-27)14-20(6)22(28)18(4)12-16(2)11-17(3)13-19(5)23(29)31-21/h9-10,14-19,21H,8,11-13H2,1-7H3. The predicted octanol–water partition coefficient (Wildman–Crippen LogP) is 5.19. The number of nitrogens with zero attached hydrogens (tertiary/aromatic N) is 2. The normalized spacial score (nSPS) is 33.1. The van der Waals surface area contributed by atoms with Gasteiger partial charge < -0.3 is 9.47 Å². The van der Waals surface area contributed by atoms with Crippen LogP contribution in [0.1, 0.15) is 74.1 Å². The average molecular weight is 447 g/mol. The molecule has 0 saturated carbocycles. The van der Waals surface area contributed by atoms with Crippen LogP contribution in [0, 0.1) is 23.7 Å². The van der Waals surface area contributed by atoms with E-state index in [1.807, 2.05) is 20.8 Å². The summed E-state index contributed by atoms with van der Waals surface area (Å²) in [6.07, 6.45) is 7.42. The number of aromatic nitrogens is 2. The molecular weight excluding hydrogens is 408 g/mol. The van der Waals surface area contributed by atoms with E-state index in [1.165, 1.54) is 23.3 Å². The summed E-state index contributed by atoms with van der Waals surface area (Å²) >= 11 is 0. The molecule has 7 heteroatoms. The molecule has 1 aromatic rings. The lowest BCUT2D eigenvalue weighted by Crippen LogP contribution is -2.46. The molecule has 0 saturated heterocycles. The van der Waals surface area contributed by atoms with Gasteiger partial charge in [0.2, 0.25) is 0 Å². The molecule has 1 aliphatic heterocycles. The smallest absolute Gasteiger partial charge is 0.420 e. The highest BCUT2D eigenvalue weighted by Crippen LogP contribution is 2.31. The number of allylic oxidation sites excluding steroid dienone is 1. The number of ether oxygens (including phenoxy) is 2. The summed E-state index contributed by atoms with van der Waals surface area (Å²) in [6, 6.07) is 0. The van der Waals surface area contributed by atoms with E-state index < -0.39 is 17.8 Å². The Morgan fingerprint density at radius 1 is 1.16 bits per heavy atom. The maximum atomic E-state index is 13.1. The molecule has 2 rings (SSSR count). The number of Topliss-reactive ketones (excluding diaryl/α,β-unsaturated/α-hetero) is 1. The lowest BCUT2D eigenvalue weighted by molar-refractivity contribution is -0.164. The molecule has 0 N–H and O–H groups in total. The zero-order chi connectivity index (χ0) is 24.1. The number of carbonyl (C=O) groups excluding carboxylic acids is 3. The van der Waals surface area contributed by atoms with Crippen molar-refractivity contribution in [3.63, 3.8) is 0 Å². The Kier molecular flexibility index (Phi) is 8.81. The van der Waals surface area contributed by atoms with Crippen LogP contribution < -0.4 is 0 Å². The predicted molar refractivity (Wildman–Crippen MR) is 122 cm³/mol. The van der Waals surface area contributed by atoms with Crippen molar-refractivity contribution in [3.8, 4) is 0 Å². The van der Waals surface area contributed by atoms with E-state index in [1.54, 1.807) is 19.9 Å². The number of imidazole rings is 1. The Balaban J connectivity index is 2.47. The minimum absolute atomic E-state index is 0.0148. The van der Waals surface area contributed by atoms with Crippen molar-refractivity contribution in [1.29, 1.82) is 0 Å². The van der Waals surface area contributed by atoms with Gasteiger partial charge >= 0.3 is 12.1 Å². The van der Waals surface area contributed by atoms with E-state index in [4.69, 9.17) is 9.47 Å². The first-order valence-electron chi connectivity index (χ1n) is 11.6. The van der Waals surface area contributed by atoms with Gasteiger partial charge in [-0.05, 0) is 63.0 Å². The summed E-state index contributed by atoms with van der Waals surface area (Å²) in [6.45, 7) is 13.4. The molecule has 0 aromatic carbocycles. The van der Waals surface area contributed by atoms with E-state index in [9.17, 15) is 14.4 Å². The Labute approximate surface area is 191 Å². The topological polar surface area (TPSA) is 87.5 Å². The van der Waals surface area contributed by atoms with E-state index >= 15 is 0 Å². The van der Waals surface area contributed by atoms with Crippen molar-refractivity contribution in [2.45, 2.75) is 85.9 Å². The zero-order valence-corrected chi connectivity index (χ0v) is 20.5. The maximum Gasteiger partial charge on any atom is 0.420 e. The first-order chi connectivity index (χ1) is 15.0. The second-order valence-electron chi connectivity index (χ2n) is 9.77. The molecule has 0 fully saturated rings. The first kappa shape index (κ1) is 25.8. The van der Waals surface area contributed by atoms with Gasteiger partial charge in [-0.15, -0.1) is 0 Å². The van der Waals surface area contributed by atoms with Crippen LogP contribution >= 0.6 is 0 Å². The molecule has 0 amide bonds. The van der Waals surface area contributed by atoms with Gasteiger partial charge in [-0.1, -0.05) is 34.6 Å². The van der Waals surface area contributed by atoms with Crippen LogP contribution in [-0.2, 0) is 19.1 Å². The highest BCUT2D eigenvalue weighted by atomic mass is 16.6. The van der Waals surface area contributed by atoms with Crippen LogP contribution in [-0.4, -0.2) is 39.1 Å². The number of hydrogen-bond donors (Lipinski definition) is 0. The third-order valence-electron chi connectivity index (χ3n) is 6.35. The fourth-order valence-corrected chi connectivity index (χ4v) is 4.84. The Morgan fingerprint density at radius 3 is 2.34 bits per heavy atom. The van der Waals surface area contributed by atoms with Crippen molar-refractivity contribution in [1.82, 2.24) is 9.55 Å². The van der Waals surface area contributed by atoms with Crippen molar-refractivity contribution in [2.24, 2.45) is 23.7 Å². The largest absolute Gasteiger partial charge is 0.458 e. The van der Waals surface area contributed by atoms with Crippen molar-refractivity contribution in [3.05, 3.63) is 30.4 Å². The van der Waals surface area contributed by atoms with Crippen molar-refractivity contribution < 1.29 is 23.9 Å². The van der Waals surface area contributed by atoms with Gasteiger partial charge in [0.15, 0.2) is 11.4 Å². The third-order valence-corrected chi connectivity index (χ3v) is 6.35. The van der Waals surface area contributed by atoms with Gasteiger partial charge in [-0.3, -0.25) is 9.59 Å². The van der Waals surface area contributed by atoms with Gasteiger partial charge in [0.05, 0.1) is 5.92 Å². The van der Waals surface area contributed by atoms with E-state index in [2.05, 4.69) is 18.8 Å². The third kappa shape index (κ3) is 6.53. The summed E-state index contributed by atoms with van der Waals surface area (Å²) in [4.78, 5) is 42.7. The fraction of sp³-hybridized carbons (Fsp3) is 0.680. The SMILES string of the molecule is CCC1OC(=O)C(C)CC(C)CC(C)CC(C)C(=O)C(C)=CC1(C)OC(=O)n1ccnc1. The molecule has 0 radical (unpaired) electrons. The molecule has 32 heavy (non-hydrogen) atoms. The molecule has 0 aliphatic carbocycles. The number of hydrogen-bond acceptors (Lipinski definition) is 6. The van der Waals surface area contributed by atoms with Crippen LogP contribution in [0.15, 0.2) is 30.4 Å². The Bertz CT molecular complexity index is 831. The molecule has 0 bridgehead atoms. The maximum absolute atomic E-state index is 13.1. The van der Waals surface area contributed by atoms with Gasteiger partial charge in [0.25, 0.3) is 0 Å². The Hall–Kier alpha value is -2.44. The molecule has 0 spiro atoms. The molecule has 6 unspecified atom stereocenters. The number of cyclic esters (lactones) is 1. The second-order valence-corrected chi connectivity index (χ2v) is 9.77. The quantitative estimate of drug-likeness (QED) is 0.581. The first-order valence-corrected chi connectivity index (χ1v) is 11.6. The molecule has 178 valence electrons. The lowest BCUT2D eigenvalue weighted by atomic mass is 9.82. The zero-order valence-electron chi connectivity index (χ0n) is 20.5. The highest BCUT2D eigenvalue weighted by molar-refractivity contribution is 5.96. The van der Waals surface area contributed by atoms with Crippen LogP contribution in [0.25, 0.3) is 0 Å². The molecule has 7 nitrogen and oxygen atoms in total. The van der Waals surface area contributed by atoms with E-state index in [0.717, 1.165) is 12.8 Å². The summed E-state index contributed by atoms with van der Waals surface area (Å²) in [5.74, 6) is -0.0289. The lowest BCUT2D eigenvalue weighted by Gasteiger charge is -2.35. The molecule has 2 heterocycles. The van der Waals surface area contributed by atoms with Crippen LogP contribution in [0.3, 0.4) is 0 Å². The monoisotopic (exact) mass is 446 g/mol. The summed E-state index contributed by atoms with van der Waals surface area (Å²) in [5.41, 5.74) is -0.815. The minimum atomic E-state index is -1.31. The summed E-state index contributed by atoms with van der Waals surface area (Å²) in [5, 5.41) is 0. The summed E-state index contributed by atoms with van der Waals surface area (Å²) < 4.78 is 12.9. The number of carbonyl (C=O) groups is 3. The molecule has 6 atom stereocenters. The Morgan fingerprint density at radius 2 is 1.78 bits per heavy atom. The van der Waals surface area contributed by atoms with Gasteiger partial charge in [0, 0.05) is 18.3 Å². The minimum Gasteiger partial charge on any atom is -0.458 e. The van der Waals surface area contributed by atoms with Crippen molar-refractivity contribution >= 4 is 17.8 Å². The highest BCUT2D eigenvalue weighted by Gasteiger charge is 2.40. The van der Waals surface area contributed by atoms with Crippen molar-refractivity contribution in [2.75, 3.05) is 0 Å². The molecule has 1 aromatic heterocycles. The van der Waals surface area contributed by atoms with Gasteiger partial charge in [-0.25, -0.2) is 14.3 Å². The van der Waals surface area contributed by atoms with Gasteiger partial charge in [0.1, 0.15) is 12.4 Å². The molecule has 1 aliphatic rings. The van der Waals surface area contributed by atoms with Gasteiger partial charge in [-0.2, -0.15) is 0 Å².